The van der Waals surface area contributed by atoms with Gasteiger partial charge in [0.15, 0.2) is 0 Å². The molecule has 0 radical (unpaired) electrons. The zero-order valence-corrected chi connectivity index (χ0v) is 13.5. The number of nitrogens with one attached hydrogen (secondary N) is 1. The number of rotatable bonds is 3. The number of hydrogen-bond acceptors (Lipinski definition) is 4. The lowest BCUT2D eigenvalue weighted by molar-refractivity contribution is 0.726. The molecule has 4 nitrogen and oxygen atoms in total. The summed E-state index contributed by atoms with van der Waals surface area (Å²) in [6, 6.07) is 8.51. The first-order valence-corrected chi connectivity index (χ1v) is 8.13. The van der Waals surface area contributed by atoms with E-state index >= 15 is 0 Å². The van der Waals surface area contributed by atoms with Gasteiger partial charge in [-0.2, -0.15) is 0 Å². The molecule has 116 valence electrons. The molecule has 1 aliphatic rings. The molecule has 0 atom stereocenters. The lowest BCUT2D eigenvalue weighted by Crippen LogP contribution is -2.25. The first-order valence-electron chi connectivity index (χ1n) is 8.13. The molecule has 0 amide bonds. The van der Waals surface area contributed by atoms with Gasteiger partial charge in [-0.05, 0) is 49.9 Å². The van der Waals surface area contributed by atoms with Gasteiger partial charge in [0.05, 0.1) is 0 Å². The Kier molecular flexibility index (Phi) is 4.56. The summed E-state index contributed by atoms with van der Waals surface area (Å²) in [6.07, 6.45) is 6.82. The normalized spacial score (nSPS) is 15.5. The van der Waals surface area contributed by atoms with Crippen LogP contribution in [0.3, 0.4) is 0 Å². The highest BCUT2D eigenvalue weighted by atomic mass is 15.2. The van der Waals surface area contributed by atoms with E-state index in [1.54, 1.807) is 6.33 Å². The van der Waals surface area contributed by atoms with Crippen molar-refractivity contribution in [2.45, 2.75) is 39.5 Å². The topological polar surface area (TPSA) is 41.0 Å². The van der Waals surface area contributed by atoms with Crippen molar-refractivity contribution in [2.75, 3.05) is 23.3 Å². The lowest BCUT2D eigenvalue weighted by atomic mass is 10.1. The first-order chi connectivity index (χ1) is 10.7. The van der Waals surface area contributed by atoms with Crippen molar-refractivity contribution in [1.29, 1.82) is 0 Å². The van der Waals surface area contributed by atoms with E-state index in [1.165, 1.54) is 36.8 Å². The van der Waals surface area contributed by atoms with Gasteiger partial charge in [0.25, 0.3) is 0 Å². The highest BCUT2D eigenvalue weighted by Crippen LogP contribution is 2.22. The number of nitrogens with zero attached hydrogens (tertiary/aromatic N) is 3. The quantitative estimate of drug-likeness (QED) is 0.921. The molecule has 1 aromatic carbocycles. The van der Waals surface area contributed by atoms with E-state index in [1.807, 2.05) is 0 Å². The molecule has 3 rings (SSSR count). The second-order valence-electron chi connectivity index (χ2n) is 6.16. The van der Waals surface area contributed by atoms with Crippen LogP contribution in [0.5, 0.6) is 0 Å². The van der Waals surface area contributed by atoms with Crippen LogP contribution < -0.4 is 10.2 Å². The minimum absolute atomic E-state index is 0.860. The van der Waals surface area contributed by atoms with Crippen LogP contribution in [-0.2, 0) is 0 Å². The van der Waals surface area contributed by atoms with Gasteiger partial charge < -0.3 is 10.2 Å². The Labute approximate surface area is 132 Å². The Morgan fingerprint density at radius 3 is 2.23 bits per heavy atom. The van der Waals surface area contributed by atoms with Crippen LogP contribution in [0.15, 0.2) is 30.6 Å². The molecule has 1 N–H and O–H groups in total. The third kappa shape index (κ3) is 3.75. The summed E-state index contributed by atoms with van der Waals surface area (Å²) in [4.78, 5) is 11.2. The summed E-state index contributed by atoms with van der Waals surface area (Å²) in [5, 5.41) is 3.40. The van der Waals surface area contributed by atoms with Gasteiger partial charge >= 0.3 is 0 Å². The zero-order valence-electron chi connectivity index (χ0n) is 13.5. The van der Waals surface area contributed by atoms with Gasteiger partial charge in [0.2, 0.25) is 0 Å². The summed E-state index contributed by atoms with van der Waals surface area (Å²) < 4.78 is 0. The van der Waals surface area contributed by atoms with Crippen LogP contribution in [0.2, 0.25) is 0 Å². The highest BCUT2D eigenvalue weighted by Gasteiger charge is 2.11. The maximum atomic E-state index is 4.46. The summed E-state index contributed by atoms with van der Waals surface area (Å²) in [5.74, 6) is 1.89. The summed E-state index contributed by atoms with van der Waals surface area (Å²) in [5.41, 5.74) is 3.59. The minimum atomic E-state index is 0.860. The molecule has 0 spiro atoms. The largest absolute Gasteiger partial charge is 0.356 e. The van der Waals surface area contributed by atoms with Gasteiger partial charge in [-0.1, -0.05) is 18.9 Å². The fraction of sp³-hybridized carbons (Fsp3) is 0.444. The van der Waals surface area contributed by atoms with Crippen molar-refractivity contribution in [3.63, 3.8) is 0 Å². The van der Waals surface area contributed by atoms with E-state index in [9.17, 15) is 0 Å². The smallest absolute Gasteiger partial charge is 0.135 e. The Bertz CT molecular complexity index is 610. The Morgan fingerprint density at radius 2 is 1.55 bits per heavy atom. The summed E-state index contributed by atoms with van der Waals surface area (Å²) in [6.45, 7) is 6.42. The van der Waals surface area contributed by atoms with Crippen LogP contribution in [0.25, 0.3) is 0 Å². The van der Waals surface area contributed by atoms with Crippen LogP contribution in [0, 0.1) is 13.8 Å². The van der Waals surface area contributed by atoms with Crippen LogP contribution >= 0.6 is 0 Å². The monoisotopic (exact) mass is 296 g/mol. The van der Waals surface area contributed by atoms with Crippen molar-refractivity contribution in [3.8, 4) is 0 Å². The van der Waals surface area contributed by atoms with Gasteiger partial charge in [-0.3, -0.25) is 0 Å². The first kappa shape index (κ1) is 14.8. The second-order valence-corrected chi connectivity index (χ2v) is 6.16. The van der Waals surface area contributed by atoms with Crippen molar-refractivity contribution in [3.05, 3.63) is 41.7 Å². The molecular weight excluding hydrogens is 272 g/mol. The van der Waals surface area contributed by atoms with E-state index in [0.29, 0.717) is 0 Å². The maximum absolute atomic E-state index is 4.46. The van der Waals surface area contributed by atoms with Crippen LogP contribution in [0.1, 0.15) is 36.8 Å². The number of benzene rings is 1. The molecule has 1 saturated heterocycles. The Morgan fingerprint density at radius 1 is 0.864 bits per heavy atom. The van der Waals surface area contributed by atoms with Gasteiger partial charge in [-0.15, -0.1) is 0 Å². The van der Waals surface area contributed by atoms with Gasteiger partial charge in [-0.25, -0.2) is 9.97 Å². The molecular formula is C18H24N4. The van der Waals surface area contributed by atoms with Gasteiger partial charge in [0.1, 0.15) is 18.0 Å². The minimum Gasteiger partial charge on any atom is -0.356 e. The average molecular weight is 296 g/mol. The molecule has 0 unspecified atom stereocenters. The predicted molar refractivity (Wildman–Crippen MR) is 91.9 cm³/mol. The Balaban J connectivity index is 1.78. The molecule has 1 aliphatic heterocycles. The standard InChI is InChI=1S/C18H24N4/c1-14-9-15(2)11-16(10-14)21-17-12-18(20-13-19-17)22-7-5-3-4-6-8-22/h9-13H,3-8H2,1-2H3,(H,19,20,21). The SMILES string of the molecule is Cc1cc(C)cc(Nc2cc(N3CCCCCC3)ncn2)c1. The lowest BCUT2D eigenvalue weighted by Gasteiger charge is -2.21. The van der Waals surface area contributed by atoms with E-state index in [4.69, 9.17) is 0 Å². The van der Waals surface area contributed by atoms with Crippen molar-refractivity contribution < 1.29 is 0 Å². The molecule has 0 bridgehead atoms. The number of aromatic nitrogens is 2. The molecule has 2 heterocycles. The zero-order chi connectivity index (χ0) is 15.4. The highest BCUT2D eigenvalue weighted by molar-refractivity contribution is 5.60. The van der Waals surface area contributed by atoms with Crippen molar-refractivity contribution in [2.24, 2.45) is 0 Å². The number of hydrogen-bond donors (Lipinski definition) is 1. The summed E-state index contributed by atoms with van der Waals surface area (Å²) in [7, 11) is 0. The van der Waals surface area contributed by atoms with Crippen molar-refractivity contribution >= 4 is 17.3 Å². The molecule has 0 saturated carbocycles. The molecule has 1 fully saturated rings. The fourth-order valence-electron chi connectivity index (χ4n) is 3.08. The maximum Gasteiger partial charge on any atom is 0.135 e. The van der Waals surface area contributed by atoms with E-state index in [0.717, 1.165) is 30.4 Å². The van der Waals surface area contributed by atoms with Crippen molar-refractivity contribution in [1.82, 2.24) is 9.97 Å². The fourth-order valence-corrected chi connectivity index (χ4v) is 3.08. The van der Waals surface area contributed by atoms with Gasteiger partial charge in [0, 0.05) is 24.8 Å². The molecule has 4 heteroatoms. The number of anilines is 3. The third-order valence-corrected chi connectivity index (χ3v) is 4.08. The summed E-state index contributed by atoms with van der Waals surface area (Å²) >= 11 is 0. The third-order valence-electron chi connectivity index (χ3n) is 4.08. The average Bonchev–Trinajstić information content (AvgIpc) is 2.75. The Hall–Kier alpha value is -2.10. The van der Waals surface area contributed by atoms with E-state index in [2.05, 4.69) is 58.3 Å². The molecule has 2 aromatic rings. The van der Waals surface area contributed by atoms with Crippen LogP contribution in [0.4, 0.5) is 17.3 Å². The predicted octanol–water partition coefficient (Wildman–Crippen LogP) is 4.22. The molecule has 0 aliphatic carbocycles. The molecule has 22 heavy (non-hydrogen) atoms. The molecule has 1 aromatic heterocycles. The number of aryl methyl sites for hydroxylation is 2. The van der Waals surface area contributed by atoms with E-state index < -0.39 is 0 Å². The second kappa shape index (κ2) is 6.77. The van der Waals surface area contributed by atoms with E-state index in [-0.39, 0.29) is 0 Å². The van der Waals surface area contributed by atoms with Crippen LogP contribution in [-0.4, -0.2) is 23.1 Å².